The summed E-state index contributed by atoms with van der Waals surface area (Å²) < 4.78 is 1.40. The highest BCUT2D eigenvalue weighted by molar-refractivity contribution is 7.17. The lowest BCUT2D eigenvalue weighted by Crippen LogP contribution is -2.53. The topological polar surface area (TPSA) is 30.3 Å². The molecule has 2 heterocycles. The molecular weight excluding hydrogens is 337 g/mol. The largest absolute Gasteiger partial charge is 0.368 e. The van der Waals surface area contributed by atoms with Gasteiger partial charge in [0.05, 0.1) is 0 Å². The molecule has 1 aromatic heterocycles. The number of benzene rings is 1. The lowest BCUT2D eigenvalue weighted by atomic mass is 9.40. The van der Waals surface area contributed by atoms with E-state index in [1.807, 2.05) is 18.6 Å². The van der Waals surface area contributed by atoms with Crippen molar-refractivity contribution in [3.63, 3.8) is 0 Å². The number of rotatable bonds is 4. The third kappa shape index (κ3) is 2.94. The third-order valence-electron chi connectivity index (χ3n) is 6.85. The molecule has 1 aliphatic heterocycles. The zero-order valence-electron chi connectivity index (χ0n) is 15.2. The molecule has 0 atom stereocenters. The van der Waals surface area contributed by atoms with Crippen LogP contribution in [-0.2, 0) is 0 Å². The number of nitriles is 1. The highest BCUT2D eigenvalue weighted by atomic mass is 32.1. The molecule has 1 spiro atoms. The van der Waals surface area contributed by atoms with Crippen molar-refractivity contribution in [1.82, 2.24) is 4.90 Å². The Morgan fingerprint density at radius 2 is 1.92 bits per heavy atom. The van der Waals surface area contributed by atoms with E-state index >= 15 is 0 Å². The van der Waals surface area contributed by atoms with Gasteiger partial charge in [0.2, 0.25) is 0 Å². The molecule has 0 N–H and O–H groups in total. The van der Waals surface area contributed by atoms with Crippen LogP contribution in [0, 0.1) is 22.6 Å². The Bertz CT molecular complexity index is 819. The van der Waals surface area contributed by atoms with Crippen LogP contribution in [0.4, 0.5) is 5.69 Å². The van der Waals surface area contributed by atoms with Gasteiger partial charge < -0.3 is 4.90 Å². The van der Waals surface area contributed by atoms with Gasteiger partial charge in [-0.2, -0.15) is 0 Å². The van der Waals surface area contributed by atoms with E-state index in [2.05, 4.69) is 45.4 Å². The molecule has 5 rings (SSSR count). The van der Waals surface area contributed by atoms with Gasteiger partial charge in [-0.3, -0.25) is 4.90 Å². The van der Waals surface area contributed by atoms with Crippen molar-refractivity contribution >= 4 is 34.4 Å². The van der Waals surface area contributed by atoms with Crippen molar-refractivity contribution < 1.29 is 0 Å². The van der Waals surface area contributed by atoms with Crippen LogP contribution in [-0.4, -0.2) is 44.9 Å². The molecule has 1 saturated heterocycles. The van der Waals surface area contributed by atoms with Gasteiger partial charge in [0, 0.05) is 48.5 Å². The highest BCUT2D eigenvalue weighted by Crippen LogP contribution is 2.63. The molecule has 0 unspecified atom stereocenters. The maximum atomic E-state index is 8.77. The Morgan fingerprint density at radius 3 is 2.69 bits per heavy atom. The van der Waals surface area contributed by atoms with E-state index in [-0.39, 0.29) is 0 Å². The van der Waals surface area contributed by atoms with Crippen molar-refractivity contribution in [2.45, 2.75) is 31.5 Å². The number of anilines is 1. The van der Waals surface area contributed by atoms with E-state index in [1.165, 1.54) is 61.1 Å². The van der Waals surface area contributed by atoms with Gasteiger partial charge in [0.25, 0.3) is 7.28 Å². The quantitative estimate of drug-likeness (QED) is 0.764. The summed E-state index contributed by atoms with van der Waals surface area (Å²) in [5.41, 5.74) is 2.04. The van der Waals surface area contributed by atoms with Crippen LogP contribution in [0.3, 0.4) is 0 Å². The monoisotopic (exact) mass is 362 g/mol. The summed E-state index contributed by atoms with van der Waals surface area (Å²) in [6.45, 7) is 5.95. The van der Waals surface area contributed by atoms with Crippen LogP contribution in [0.2, 0.25) is 5.82 Å². The number of nitrogens with zero attached hydrogens (tertiary/aromatic N) is 3. The van der Waals surface area contributed by atoms with E-state index in [9.17, 15) is 0 Å². The summed E-state index contributed by atoms with van der Waals surface area (Å²) >= 11 is 1.84. The number of hydrogen-bond donors (Lipinski definition) is 0. The van der Waals surface area contributed by atoms with Gasteiger partial charge >= 0.3 is 0 Å². The maximum absolute atomic E-state index is 8.77. The Morgan fingerprint density at radius 1 is 1.12 bits per heavy atom. The van der Waals surface area contributed by atoms with Crippen molar-refractivity contribution in [3.8, 4) is 5.97 Å². The van der Waals surface area contributed by atoms with Crippen molar-refractivity contribution in [3.05, 3.63) is 29.6 Å². The fourth-order valence-corrected chi connectivity index (χ4v) is 6.50. The summed E-state index contributed by atoms with van der Waals surface area (Å²) in [5, 5.41) is 12.4. The molecule has 2 aromatic rings. The zero-order valence-corrected chi connectivity index (χ0v) is 16.0. The lowest BCUT2D eigenvalue weighted by Gasteiger charge is -2.58. The minimum atomic E-state index is 0.587. The van der Waals surface area contributed by atoms with E-state index in [4.69, 9.17) is 5.26 Å². The number of fused-ring (bicyclic) bond motifs is 1. The van der Waals surface area contributed by atoms with Crippen molar-refractivity contribution in [1.29, 1.82) is 5.26 Å². The normalized spacial score (nSPS) is 31.4. The van der Waals surface area contributed by atoms with E-state index in [0.29, 0.717) is 11.2 Å². The standard InChI is InChI=1S/C21H25BN3S/c23-15-22-17-12-21(13-17)10-16(11-21)14-24-5-7-25(8-6-24)19-2-1-3-20-18(19)4-9-26-20/h1-4,9,16-17H,5-8,10-14H2. The van der Waals surface area contributed by atoms with Gasteiger partial charge in [-0.1, -0.05) is 24.7 Å². The van der Waals surface area contributed by atoms with Gasteiger partial charge in [-0.05, 0) is 53.7 Å². The molecular formula is C21H25BN3S. The smallest absolute Gasteiger partial charge is 0.258 e. The molecule has 133 valence electrons. The highest BCUT2D eigenvalue weighted by Gasteiger charge is 2.52. The Balaban J connectivity index is 1.11. The number of thiophene rings is 1. The first kappa shape index (κ1) is 16.7. The first-order valence-corrected chi connectivity index (χ1v) is 10.8. The summed E-state index contributed by atoms with van der Waals surface area (Å²) in [4.78, 5) is 5.25. The SMILES string of the molecule is N#C[B]C1CC2(C1)CC(CN1CCN(c3cccc4sccc34)CC1)C2. The van der Waals surface area contributed by atoms with Crippen LogP contribution >= 0.6 is 11.3 Å². The fraction of sp³-hybridized carbons (Fsp3) is 0.571. The summed E-state index contributed by atoms with van der Waals surface area (Å²) in [5.74, 6) is 3.70. The average Bonchev–Trinajstić information content (AvgIpc) is 3.07. The number of piperazine rings is 1. The average molecular weight is 362 g/mol. The molecule has 0 amide bonds. The van der Waals surface area contributed by atoms with Crippen LogP contribution in [0.5, 0.6) is 0 Å². The Hall–Kier alpha value is -1.51. The van der Waals surface area contributed by atoms with E-state index in [0.717, 1.165) is 19.0 Å². The second kappa shape index (κ2) is 6.58. The molecule has 26 heavy (non-hydrogen) atoms. The van der Waals surface area contributed by atoms with Gasteiger partial charge in [0.1, 0.15) is 0 Å². The molecule has 2 aliphatic carbocycles. The summed E-state index contributed by atoms with van der Waals surface area (Å²) in [6, 6.07) is 8.98. The second-order valence-electron chi connectivity index (χ2n) is 8.64. The Kier molecular flexibility index (Phi) is 4.22. The van der Waals surface area contributed by atoms with E-state index in [1.54, 1.807) is 0 Å². The molecule has 2 saturated carbocycles. The maximum Gasteiger partial charge on any atom is 0.258 e. The first-order chi connectivity index (χ1) is 12.7. The van der Waals surface area contributed by atoms with Gasteiger partial charge in [-0.25, -0.2) is 5.26 Å². The Labute approximate surface area is 160 Å². The van der Waals surface area contributed by atoms with Gasteiger partial charge in [-0.15, -0.1) is 11.3 Å². The van der Waals surface area contributed by atoms with E-state index < -0.39 is 0 Å². The van der Waals surface area contributed by atoms with Crippen LogP contribution in [0.1, 0.15) is 25.7 Å². The van der Waals surface area contributed by atoms with Gasteiger partial charge in [0.15, 0.2) is 0 Å². The van der Waals surface area contributed by atoms with Crippen molar-refractivity contribution in [2.24, 2.45) is 11.3 Å². The van der Waals surface area contributed by atoms with Crippen LogP contribution in [0.25, 0.3) is 10.1 Å². The summed E-state index contributed by atoms with van der Waals surface area (Å²) in [6.07, 6.45) is 5.35. The molecule has 1 radical (unpaired) electrons. The predicted molar refractivity (Wildman–Crippen MR) is 110 cm³/mol. The third-order valence-corrected chi connectivity index (χ3v) is 7.73. The minimum absolute atomic E-state index is 0.587. The first-order valence-electron chi connectivity index (χ1n) is 9.91. The number of hydrogen-bond acceptors (Lipinski definition) is 4. The minimum Gasteiger partial charge on any atom is -0.368 e. The molecule has 0 bridgehead atoms. The molecule has 3 aliphatic rings. The predicted octanol–water partition coefficient (Wildman–Crippen LogP) is 4.19. The fourth-order valence-electron chi connectivity index (χ4n) is 5.69. The van der Waals surface area contributed by atoms with Crippen LogP contribution in [0.15, 0.2) is 29.6 Å². The second-order valence-corrected chi connectivity index (χ2v) is 9.58. The lowest BCUT2D eigenvalue weighted by molar-refractivity contribution is -0.0375. The molecule has 1 aromatic carbocycles. The van der Waals surface area contributed by atoms with Crippen LogP contribution < -0.4 is 4.90 Å². The molecule has 3 fully saturated rings. The zero-order chi connectivity index (χ0) is 17.6. The summed E-state index contributed by atoms with van der Waals surface area (Å²) in [7, 11) is 1.85. The molecule has 3 nitrogen and oxygen atoms in total. The van der Waals surface area contributed by atoms with Crippen molar-refractivity contribution in [2.75, 3.05) is 37.6 Å². The molecule has 5 heteroatoms.